The van der Waals surface area contributed by atoms with E-state index in [0.29, 0.717) is 24.2 Å². The molecule has 2 aromatic rings. The van der Waals surface area contributed by atoms with Crippen molar-refractivity contribution in [2.75, 3.05) is 57.1 Å². The first-order valence-electron chi connectivity index (χ1n) is 11.8. The van der Waals surface area contributed by atoms with E-state index >= 15 is 0 Å². The third-order valence-corrected chi connectivity index (χ3v) is 5.90. The lowest BCUT2D eigenvalue weighted by Gasteiger charge is -2.30. The van der Waals surface area contributed by atoms with Gasteiger partial charge in [-0.05, 0) is 30.0 Å². The van der Waals surface area contributed by atoms with E-state index in [4.69, 9.17) is 9.72 Å². The first-order valence-corrected chi connectivity index (χ1v) is 11.8. The Morgan fingerprint density at radius 3 is 2.64 bits per heavy atom. The summed E-state index contributed by atoms with van der Waals surface area (Å²) in [7, 11) is 4.18. The topological polar surface area (TPSA) is 78.4 Å². The summed E-state index contributed by atoms with van der Waals surface area (Å²) in [4.78, 5) is 18.5. The minimum absolute atomic E-state index is 0.340. The Kier molecular flexibility index (Phi) is 7.13. The third kappa shape index (κ3) is 5.11. The van der Waals surface area contributed by atoms with E-state index in [0.717, 1.165) is 55.4 Å². The largest absolute Gasteiger partial charge is 0.485 e. The van der Waals surface area contributed by atoms with E-state index in [1.807, 2.05) is 12.3 Å². The lowest BCUT2D eigenvalue weighted by atomic mass is 9.92. The molecule has 2 aliphatic rings. The SMILES string of the molecule is CC/C=C1\COc2cnc(Nc3ccc(N4CCNCC4)cn3)nc2\C1=C(/C(C)C)N(C)C. The summed E-state index contributed by atoms with van der Waals surface area (Å²) in [6.07, 6.45) is 6.84. The van der Waals surface area contributed by atoms with Gasteiger partial charge in [0.25, 0.3) is 0 Å². The molecule has 2 N–H and O–H groups in total. The highest BCUT2D eigenvalue weighted by atomic mass is 16.5. The highest BCUT2D eigenvalue weighted by molar-refractivity contribution is 5.84. The number of aromatic nitrogens is 3. The predicted octanol–water partition coefficient (Wildman–Crippen LogP) is 3.68. The monoisotopic (exact) mass is 449 g/mol. The van der Waals surface area contributed by atoms with Gasteiger partial charge in [-0.15, -0.1) is 0 Å². The number of hydrogen-bond donors (Lipinski definition) is 2. The number of fused-ring (bicyclic) bond motifs is 1. The molecule has 8 heteroatoms. The highest BCUT2D eigenvalue weighted by Crippen LogP contribution is 2.39. The second-order valence-electron chi connectivity index (χ2n) is 8.91. The fourth-order valence-electron chi connectivity index (χ4n) is 4.50. The number of ether oxygens (including phenoxy) is 1. The second kappa shape index (κ2) is 10.2. The maximum Gasteiger partial charge on any atom is 0.229 e. The standard InChI is InChI=1S/C25H35N7O/c1-6-7-18-16-33-20-15-28-25(30-23(20)22(18)24(17(2)3)31(4)5)29-21-9-8-19(14-27-21)32-12-10-26-11-13-32/h7-9,14-15,17,26H,6,10-13,16H2,1-5H3,(H,27,28,29,30)/b18-7+,24-22+. The summed E-state index contributed by atoms with van der Waals surface area (Å²) in [6, 6.07) is 4.08. The molecule has 8 nitrogen and oxygen atoms in total. The Hall–Kier alpha value is -3.13. The van der Waals surface area contributed by atoms with Gasteiger partial charge in [-0.2, -0.15) is 0 Å². The van der Waals surface area contributed by atoms with E-state index in [2.05, 4.69) is 77.4 Å². The highest BCUT2D eigenvalue weighted by Gasteiger charge is 2.27. The molecule has 176 valence electrons. The molecular formula is C25H35N7O. The van der Waals surface area contributed by atoms with E-state index in [-0.39, 0.29) is 0 Å². The summed E-state index contributed by atoms with van der Waals surface area (Å²) < 4.78 is 6.02. The summed E-state index contributed by atoms with van der Waals surface area (Å²) in [5, 5.41) is 6.65. The van der Waals surface area contributed by atoms with Gasteiger partial charge in [0.2, 0.25) is 5.95 Å². The van der Waals surface area contributed by atoms with E-state index < -0.39 is 0 Å². The molecule has 2 aromatic heterocycles. The van der Waals surface area contributed by atoms with Gasteiger partial charge in [-0.1, -0.05) is 26.8 Å². The maximum absolute atomic E-state index is 6.02. The average molecular weight is 450 g/mol. The van der Waals surface area contributed by atoms with Gasteiger partial charge in [0.1, 0.15) is 18.1 Å². The molecule has 0 unspecified atom stereocenters. The molecule has 0 atom stereocenters. The maximum atomic E-state index is 6.02. The van der Waals surface area contributed by atoms with Crippen molar-refractivity contribution in [1.82, 2.24) is 25.2 Å². The van der Waals surface area contributed by atoms with Crippen LogP contribution in [0, 0.1) is 5.92 Å². The Morgan fingerprint density at radius 1 is 1.21 bits per heavy atom. The zero-order valence-electron chi connectivity index (χ0n) is 20.4. The summed E-state index contributed by atoms with van der Waals surface area (Å²) in [5.74, 6) is 2.28. The summed E-state index contributed by atoms with van der Waals surface area (Å²) in [5.41, 5.74) is 5.51. The van der Waals surface area contributed by atoms with Crippen molar-refractivity contribution in [3.8, 4) is 5.75 Å². The van der Waals surface area contributed by atoms with Crippen molar-refractivity contribution >= 4 is 23.0 Å². The molecule has 1 saturated heterocycles. The normalized spacial score (nSPS) is 18.7. The molecule has 33 heavy (non-hydrogen) atoms. The van der Waals surface area contributed by atoms with Crippen molar-refractivity contribution in [1.29, 1.82) is 0 Å². The van der Waals surface area contributed by atoms with Crippen molar-refractivity contribution in [2.45, 2.75) is 27.2 Å². The van der Waals surface area contributed by atoms with E-state index in [9.17, 15) is 0 Å². The summed E-state index contributed by atoms with van der Waals surface area (Å²) >= 11 is 0. The van der Waals surface area contributed by atoms with Crippen molar-refractivity contribution in [3.63, 3.8) is 0 Å². The van der Waals surface area contributed by atoms with Crippen LogP contribution in [0.15, 0.2) is 41.9 Å². The van der Waals surface area contributed by atoms with Crippen LogP contribution >= 0.6 is 0 Å². The molecule has 0 saturated carbocycles. The van der Waals surface area contributed by atoms with Gasteiger partial charge in [0.05, 0.1) is 18.1 Å². The molecular weight excluding hydrogens is 414 g/mol. The van der Waals surface area contributed by atoms with Crippen LogP contribution < -0.4 is 20.3 Å². The molecule has 4 rings (SSSR count). The number of allylic oxidation sites excluding steroid dienone is 2. The Morgan fingerprint density at radius 2 is 2.00 bits per heavy atom. The molecule has 2 aliphatic heterocycles. The van der Waals surface area contributed by atoms with Crippen LogP contribution in [0.5, 0.6) is 5.75 Å². The van der Waals surface area contributed by atoms with E-state index in [1.54, 1.807) is 6.20 Å². The Balaban J connectivity index is 1.65. The minimum Gasteiger partial charge on any atom is -0.485 e. The number of piperazine rings is 1. The zero-order chi connectivity index (χ0) is 23.4. The molecule has 0 amide bonds. The number of nitrogens with one attached hydrogen (secondary N) is 2. The molecule has 0 radical (unpaired) electrons. The Labute approximate surface area is 196 Å². The lowest BCUT2D eigenvalue weighted by Crippen LogP contribution is -2.43. The van der Waals surface area contributed by atoms with Gasteiger partial charge in [0, 0.05) is 51.5 Å². The fourth-order valence-corrected chi connectivity index (χ4v) is 4.50. The zero-order valence-corrected chi connectivity index (χ0v) is 20.4. The quantitative estimate of drug-likeness (QED) is 0.692. The smallest absolute Gasteiger partial charge is 0.229 e. The van der Waals surface area contributed by atoms with Crippen LogP contribution in [-0.4, -0.2) is 66.7 Å². The van der Waals surface area contributed by atoms with Gasteiger partial charge in [0.15, 0.2) is 5.75 Å². The molecule has 4 heterocycles. The number of rotatable bonds is 6. The molecule has 0 spiro atoms. The van der Waals surface area contributed by atoms with Crippen molar-refractivity contribution in [3.05, 3.63) is 47.6 Å². The molecule has 1 fully saturated rings. The van der Waals surface area contributed by atoms with Crippen molar-refractivity contribution in [2.24, 2.45) is 5.92 Å². The molecule has 0 bridgehead atoms. The third-order valence-electron chi connectivity index (χ3n) is 5.90. The lowest BCUT2D eigenvalue weighted by molar-refractivity contribution is 0.342. The number of pyridine rings is 1. The first kappa shape index (κ1) is 23.0. The van der Waals surface area contributed by atoms with Gasteiger partial charge in [-0.25, -0.2) is 15.0 Å². The van der Waals surface area contributed by atoms with Gasteiger partial charge >= 0.3 is 0 Å². The van der Waals surface area contributed by atoms with Crippen LogP contribution in [0.3, 0.4) is 0 Å². The number of anilines is 3. The molecule has 0 aromatic carbocycles. The van der Waals surface area contributed by atoms with Crippen LogP contribution in [0.25, 0.3) is 5.57 Å². The number of hydrogen-bond acceptors (Lipinski definition) is 8. The molecule has 0 aliphatic carbocycles. The minimum atomic E-state index is 0.340. The second-order valence-corrected chi connectivity index (χ2v) is 8.91. The van der Waals surface area contributed by atoms with Crippen LogP contribution in [0.1, 0.15) is 32.9 Å². The van der Waals surface area contributed by atoms with Crippen LogP contribution in [0.2, 0.25) is 0 Å². The summed E-state index contributed by atoms with van der Waals surface area (Å²) in [6.45, 7) is 11.1. The predicted molar refractivity (Wildman–Crippen MR) is 134 cm³/mol. The van der Waals surface area contributed by atoms with Crippen LogP contribution in [-0.2, 0) is 0 Å². The first-order chi connectivity index (χ1) is 16.0. The fraction of sp³-hybridized carbons (Fsp3) is 0.480. The van der Waals surface area contributed by atoms with E-state index in [1.165, 1.54) is 11.3 Å². The van der Waals surface area contributed by atoms with Crippen molar-refractivity contribution < 1.29 is 4.74 Å². The Bertz CT molecular complexity index is 1010. The van der Waals surface area contributed by atoms with Crippen LogP contribution in [0.4, 0.5) is 17.5 Å². The number of nitrogens with zero attached hydrogens (tertiary/aromatic N) is 5. The average Bonchev–Trinajstić information content (AvgIpc) is 2.81. The van der Waals surface area contributed by atoms with Gasteiger partial charge < -0.3 is 25.2 Å². The van der Waals surface area contributed by atoms with Gasteiger partial charge in [-0.3, -0.25) is 0 Å².